The fraction of sp³-hybridized carbons (Fsp3) is 0.690. The number of carbonyl (C=O) groups excluding carboxylic acids is 1. The summed E-state index contributed by atoms with van der Waals surface area (Å²) in [5.74, 6) is 0.499. The third-order valence-electron chi connectivity index (χ3n) is 5.07. The molecule has 14 nitrogen and oxygen atoms in total. The number of esters is 1. The lowest BCUT2D eigenvalue weighted by Gasteiger charge is -2.19. The fourth-order valence-electron chi connectivity index (χ4n) is 3.13. The number of hydrogen-bond acceptors (Lipinski definition) is 14. The van der Waals surface area contributed by atoms with Crippen LogP contribution in [-0.2, 0) is 44.6 Å². The highest BCUT2D eigenvalue weighted by Crippen LogP contribution is 2.39. The van der Waals surface area contributed by atoms with Gasteiger partial charge in [-0.15, -0.1) is 0 Å². The molecule has 0 aliphatic carbocycles. The van der Waals surface area contributed by atoms with Crippen LogP contribution in [0.5, 0.6) is 17.2 Å². The molecule has 0 atom stereocenters. The van der Waals surface area contributed by atoms with Gasteiger partial charge in [-0.25, -0.2) is 4.79 Å². The third-order valence-corrected chi connectivity index (χ3v) is 5.07. The predicted octanol–water partition coefficient (Wildman–Crippen LogP) is 0.519. The van der Waals surface area contributed by atoms with Crippen molar-refractivity contribution in [2.45, 2.75) is 13.5 Å². The summed E-state index contributed by atoms with van der Waals surface area (Å²) in [4.78, 5) is 12.0. The molecule has 0 heterocycles. The number of carbonyl (C=O) groups is 1. The lowest BCUT2D eigenvalue weighted by Crippen LogP contribution is -2.15. The normalized spacial score (nSPS) is 11.0. The van der Waals surface area contributed by atoms with Gasteiger partial charge in [-0.2, -0.15) is 0 Å². The molecule has 0 amide bonds. The van der Waals surface area contributed by atoms with E-state index in [9.17, 15) is 4.79 Å². The van der Waals surface area contributed by atoms with Crippen LogP contribution in [0.2, 0.25) is 0 Å². The molecule has 1 aromatic rings. The Labute approximate surface area is 253 Å². The molecule has 14 heteroatoms. The van der Waals surface area contributed by atoms with Crippen LogP contribution in [0.4, 0.5) is 0 Å². The van der Waals surface area contributed by atoms with Crippen molar-refractivity contribution in [3.63, 3.8) is 0 Å². The molecule has 0 radical (unpaired) electrons. The molecule has 0 saturated heterocycles. The highest BCUT2D eigenvalue weighted by atomic mass is 16.6. The molecule has 0 fully saturated rings. The van der Waals surface area contributed by atoms with Gasteiger partial charge in [0.15, 0.2) is 11.5 Å². The smallest absolute Gasteiger partial charge is 0.333 e. The Hall–Kier alpha value is -2.53. The third kappa shape index (κ3) is 20.1. The minimum Gasteiger partial charge on any atom is -0.487 e. The Balaban J connectivity index is 2.90. The van der Waals surface area contributed by atoms with Crippen LogP contribution in [0.3, 0.4) is 0 Å². The van der Waals surface area contributed by atoms with Crippen molar-refractivity contribution in [2.75, 3.05) is 119 Å². The van der Waals surface area contributed by atoms with E-state index >= 15 is 0 Å². The van der Waals surface area contributed by atoms with Gasteiger partial charge in [0.25, 0.3) is 0 Å². The summed E-state index contributed by atoms with van der Waals surface area (Å²) < 4.78 is 55.4. The summed E-state index contributed by atoms with van der Waals surface area (Å²) in [6, 6.07) is 3.38. The van der Waals surface area contributed by atoms with Gasteiger partial charge >= 0.3 is 5.97 Å². The molecular formula is C29H48O14. The number of hydrogen-bond donors (Lipinski definition) is 3. The number of aliphatic hydroxyl groups excluding tert-OH is 3. The molecule has 0 aromatic heterocycles. The SMILES string of the molecule is C=C(C)C(=O)OCc1cc(OCCOCCOCCO)c(OCCOCCOCCO)c(OCCOCCOCCO)c1. The number of aliphatic hydroxyl groups is 3. The summed E-state index contributed by atoms with van der Waals surface area (Å²) in [7, 11) is 0. The van der Waals surface area contributed by atoms with E-state index in [1.807, 2.05) is 0 Å². The van der Waals surface area contributed by atoms with E-state index < -0.39 is 5.97 Å². The predicted molar refractivity (Wildman–Crippen MR) is 154 cm³/mol. The average molecular weight is 621 g/mol. The van der Waals surface area contributed by atoms with Gasteiger partial charge in [-0.05, 0) is 24.6 Å². The first kappa shape index (κ1) is 38.5. The van der Waals surface area contributed by atoms with E-state index in [2.05, 4.69) is 6.58 Å². The Kier molecular flexibility index (Phi) is 24.2. The second-order valence-electron chi connectivity index (χ2n) is 8.67. The Morgan fingerprint density at radius 3 is 1.30 bits per heavy atom. The molecule has 0 spiro atoms. The van der Waals surface area contributed by atoms with Crippen molar-refractivity contribution in [3.05, 3.63) is 29.8 Å². The zero-order valence-electron chi connectivity index (χ0n) is 25.1. The molecule has 0 aliphatic heterocycles. The van der Waals surface area contributed by atoms with E-state index in [0.29, 0.717) is 62.5 Å². The lowest BCUT2D eigenvalue weighted by atomic mass is 10.2. The van der Waals surface area contributed by atoms with Gasteiger partial charge in [0.2, 0.25) is 5.75 Å². The van der Waals surface area contributed by atoms with Crippen LogP contribution in [0.15, 0.2) is 24.3 Å². The summed E-state index contributed by atoms with van der Waals surface area (Å²) in [6.07, 6.45) is 0. The molecule has 1 aromatic carbocycles. The van der Waals surface area contributed by atoms with E-state index in [1.54, 1.807) is 19.1 Å². The first-order valence-electron chi connectivity index (χ1n) is 14.2. The summed E-state index contributed by atoms with van der Waals surface area (Å²) >= 11 is 0. The molecule has 43 heavy (non-hydrogen) atoms. The second-order valence-corrected chi connectivity index (χ2v) is 8.67. The van der Waals surface area contributed by atoms with Gasteiger partial charge < -0.3 is 62.7 Å². The van der Waals surface area contributed by atoms with Crippen LogP contribution < -0.4 is 14.2 Å². The van der Waals surface area contributed by atoms with Crippen LogP contribution >= 0.6 is 0 Å². The minimum atomic E-state index is -0.529. The molecule has 0 bridgehead atoms. The Morgan fingerprint density at radius 2 is 0.930 bits per heavy atom. The van der Waals surface area contributed by atoms with Gasteiger partial charge in [0.05, 0.1) is 99.1 Å². The Morgan fingerprint density at radius 1 is 0.581 bits per heavy atom. The topological polar surface area (TPSA) is 170 Å². The average Bonchev–Trinajstić information content (AvgIpc) is 3.00. The molecule has 0 saturated carbocycles. The highest BCUT2D eigenvalue weighted by molar-refractivity contribution is 5.86. The number of rotatable bonds is 30. The molecule has 1 rings (SSSR count). The maximum absolute atomic E-state index is 12.0. The van der Waals surface area contributed by atoms with Crippen molar-refractivity contribution in [3.8, 4) is 17.2 Å². The van der Waals surface area contributed by atoms with Crippen LogP contribution in [0, 0.1) is 0 Å². The van der Waals surface area contributed by atoms with Crippen molar-refractivity contribution < 1.29 is 67.5 Å². The Bertz CT molecular complexity index is 809. The van der Waals surface area contributed by atoms with Crippen molar-refractivity contribution in [1.29, 1.82) is 0 Å². The molecule has 0 aliphatic rings. The van der Waals surface area contributed by atoms with Gasteiger partial charge in [-0.1, -0.05) is 6.58 Å². The molecular weight excluding hydrogens is 572 g/mol. The van der Waals surface area contributed by atoms with Crippen molar-refractivity contribution in [1.82, 2.24) is 0 Å². The quantitative estimate of drug-likeness (QED) is 0.0618. The zero-order valence-corrected chi connectivity index (χ0v) is 25.1. The number of ether oxygens (including phenoxy) is 10. The van der Waals surface area contributed by atoms with Gasteiger partial charge in [0.1, 0.15) is 26.4 Å². The first-order chi connectivity index (χ1) is 21.0. The largest absolute Gasteiger partial charge is 0.487 e. The lowest BCUT2D eigenvalue weighted by molar-refractivity contribution is -0.140. The van der Waals surface area contributed by atoms with Crippen molar-refractivity contribution >= 4 is 5.97 Å². The fourth-order valence-corrected chi connectivity index (χ4v) is 3.13. The molecule has 3 N–H and O–H groups in total. The summed E-state index contributed by atoms with van der Waals surface area (Å²) in [5, 5.41) is 26.3. The summed E-state index contributed by atoms with van der Waals surface area (Å²) in [5.41, 5.74) is 0.871. The van der Waals surface area contributed by atoms with Gasteiger partial charge in [0, 0.05) is 5.57 Å². The second kappa shape index (κ2) is 27.0. The number of benzene rings is 1. The van der Waals surface area contributed by atoms with E-state index in [4.69, 9.17) is 62.7 Å². The van der Waals surface area contributed by atoms with Crippen LogP contribution in [0.1, 0.15) is 12.5 Å². The van der Waals surface area contributed by atoms with E-state index in [1.165, 1.54) is 0 Å². The molecule has 0 unspecified atom stereocenters. The van der Waals surface area contributed by atoms with Crippen LogP contribution in [-0.4, -0.2) is 140 Å². The first-order valence-corrected chi connectivity index (χ1v) is 14.2. The standard InChI is InChI=1S/C29H48O14/c1-24(2)29(33)43-23-25-21-26(40-18-15-37-12-9-34-6-3-30)28(42-20-17-39-14-11-36-8-5-32)27(22-25)41-19-16-38-13-10-35-7-4-31/h21-22,30-32H,1,3-20,23H2,2H3. The summed E-state index contributed by atoms with van der Waals surface area (Å²) in [6.45, 7) is 9.04. The van der Waals surface area contributed by atoms with Gasteiger partial charge in [-0.3, -0.25) is 0 Å². The van der Waals surface area contributed by atoms with Crippen molar-refractivity contribution in [2.24, 2.45) is 0 Å². The highest BCUT2D eigenvalue weighted by Gasteiger charge is 2.17. The minimum absolute atomic E-state index is 0.0486. The zero-order chi connectivity index (χ0) is 31.4. The molecule has 248 valence electrons. The maximum atomic E-state index is 12.0. The van der Waals surface area contributed by atoms with E-state index in [0.717, 1.165) is 0 Å². The maximum Gasteiger partial charge on any atom is 0.333 e. The van der Waals surface area contributed by atoms with E-state index in [-0.39, 0.29) is 91.5 Å². The van der Waals surface area contributed by atoms with Crippen LogP contribution in [0.25, 0.3) is 0 Å². The monoisotopic (exact) mass is 620 g/mol.